The molecule has 1 saturated heterocycles. The Morgan fingerprint density at radius 1 is 1.25 bits per heavy atom. The fourth-order valence-electron chi connectivity index (χ4n) is 2.60. The molecule has 1 heterocycles. The number of benzene rings is 1. The molecule has 112 valence electrons. The third-order valence-electron chi connectivity index (χ3n) is 3.79. The highest BCUT2D eigenvalue weighted by Crippen LogP contribution is 2.19. The van der Waals surface area contributed by atoms with E-state index in [0.29, 0.717) is 5.91 Å². The Morgan fingerprint density at radius 3 is 2.40 bits per heavy atom. The van der Waals surface area contributed by atoms with Crippen LogP contribution in [0.4, 0.5) is 0 Å². The number of nitrogens with zero attached hydrogens (tertiary/aromatic N) is 1. The van der Waals surface area contributed by atoms with Crippen LogP contribution in [0.3, 0.4) is 0 Å². The Balaban J connectivity index is 0.00000200. The number of rotatable bonds is 4. The normalized spacial score (nSPS) is 15.8. The summed E-state index contributed by atoms with van der Waals surface area (Å²) >= 11 is 0. The summed E-state index contributed by atoms with van der Waals surface area (Å²) in [6, 6.07) is 10.5. The van der Waals surface area contributed by atoms with Crippen molar-refractivity contribution in [2.24, 2.45) is 5.92 Å². The first-order chi connectivity index (χ1) is 9.18. The zero-order valence-electron chi connectivity index (χ0n) is 12.3. The Hall–Kier alpha value is -1.06. The van der Waals surface area contributed by atoms with Crippen molar-refractivity contribution in [3.63, 3.8) is 0 Å². The van der Waals surface area contributed by atoms with Gasteiger partial charge in [0.1, 0.15) is 0 Å². The minimum Gasteiger partial charge on any atom is -0.336 e. The van der Waals surface area contributed by atoms with E-state index in [9.17, 15) is 4.79 Å². The molecule has 0 unspecified atom stereocenters. The number of halogens is 1. The molecule has 4 heteroatoms. The lowest BCUT2D eigenvalue weighted by Crippen LogP contribution is -2.43. The third kappa shape index (κ3) is 4.50. The van der Waals surface area contributed by atoms with Gasteiger partial charge in [0.25, 0.3) is 0 Å². The Kier molecular flexibility index (Phi) is 7.03. The highest BCUT2D eigenvalue weighted by atomic mass is 35.5. The van der Waals surface area contributed by atoms with E-state index in [1.807, 2.05) is 23.1 Å². The summed E-state index contributed by atoms with van der Waals surface area (Å²) < 4.78 is 0. The maximum atomic E-state index is 12.6. The van der Waals surface area contributed by atoms with Crippen LogP contribution in [-0.4, -0.2) is 29.9 Å². The maximum absolute atomic E-state index is 12.6. The number of carbonyl (C=O) groups excluding carboxylic acids is 1. The zero-order chi connectivity index (χ0) is 13.7. The average Bonchev–Trinajstić information content (AvgIpc) is 2.46. The Bertz CT molecular complexity index is 402. The minimum atomic E-state index is 0. The van der Waals surface area contributed by atoms with Crippen LogP contribution in [0.5, 0.6) is 0 Å². The van der Waals surface area contributed by atoms with E-state index in [2.05, 4.69) is 31.3 Å². The molecule has 0 spiro atoms. The minimum absolute atomic E-state index is 0. The zero-order valence-corrected chi connectivity index (χ0v) is 13.2. The van der Waals surface area contributed by atoms with Gasteiger partial charge in [-0.15, -0.1) is 12.4 Å². The number of nitrogens with one attached hydrogen (secondary N) is 1. The number of amides is 1. The molecule has 0 atom stereocenters. The van der Waals surface area contributed by atoms with Gasteiger partial charge < -0.3 is 10.2 Å². The molecule has 1 aromatic rings. The van der Waals surface area contributed by atoms with Crippen LogP contribution in [0, 0.1) is 5.92 Å². The molecule has 1 aliphatic heterocycles. The van der Waals surface area contributed by atoms with Crippen LogP contribution in [0.1, 0.15) is 32.3 Å². The molecular weight excluding hydrogens is 272 g/mol. The molecule has 1 aromatic carbocycles. The van der Waals surface area contributed by atoms with E-state index in [-0.39, 0.29) is 24.4 Å². The van der Waals surface area contributed by atoms with Crippen molar-refractivity contribution < 1.29 is 4.79 Å². The quantitative estimate of drug-likeness (QED) is 0.926. The van der Waals surface area contributed by atoms with E-state index >= 15 is 0 Å². The van der Waals surface area contributed by atoms with E-state index in [4.69, 9.17) is 0 Å². The molecule has 0 aliphatic carbocycles. The summed E-state index contributed by atoms with van der Waals surface area (Å²) in [5.74, 6) is 0.521. The predicted molar refractivity (Wildman–Crippen MR) is 85.0 cm³/mol. The lowest BCUT2D eigenvalue weighted by molar-refractivity contribution is -0.138. The van der Waals surface area contributed by atoms with Gasteiger partial charge >= 0.3 is 0 Å². The molecular formula is C16H25ClN2O. The van der Waals surface area contributed by atoms with Crippen molar-refractivity contribution in [2.75, 3.05) is 13.1 Å². The van der Waals surface area contributed by atoms with Gasteiger partial charge in [0, 0.05) is 18.5 Å². The van der Waals surface area contributed by atoms with Crippen molar-refractivity contribution in [2.45, 2.75) is 39.3 Å². The SMILES string of the molecule is CC(C)N(Cc1ccccc1)C(=O)C1CCNCC1.Cl. The molecule has 0 aromatic heterocycles. The lowest BCUT2D eigenvalue weighted by Gasteiger charge is -2.32. The molecule has 0 bridgehead atoms. The van der Waals surface area contributed by atoms with Crippen molar-refractivity contribution >= 4 is 18.3 Å². The Morgan fingerprint density at radius 2 is 1.85 bits per heavy atom. The van der Waals surface area contributed by atoms with Crippen LogP contribution in [0.15, 0.2) is 30.3 Å². The largest absolute Gasteiger partial charge is 0.336 e. The van der Waals surface area contributed by atoms with Crippen LogP contribution >= 0.6 is 12.4 Å². The molecule has 0 saturated carbocycles. The molecule has 1 aliphatic rings. The van der Waals surface area contributed by atoms with Crippen LogP contribution in [0.2, 0.25) is 0 Å². The highest BCUT2D eigenvalue weighted by Gasteiger charge is 2.27. The fraction of sp³-hybridized carbons (Fsp3) is 0.562. The predicted octanol–water partition coefficient (Wildman–Crippen LogP) is 2.85. The van der Waals surface area contributed by atoms with Gasteiger partial charge in [-0.3, -0.25) is 4.79 Å². The number of hydrogen-bond acceptors (Lipinski definition) is 2. The summed E-state index contributed by atoms with van der Waals surface area (Å²) in [7, 11) is 0. The number of piperidine rings is 1. The molecule has 1 N–H and O–H groups in total. The molecule has 20 heavy (non-hydrogen) atoms. The number of hydrogen-bond donors (Lipinski definition) is 1. The average molecular weight is 297 g/mol. The first-order valence-electron chi connectivity index (χ1n) is 7.23. The summed E-state index contributed by atoms with van der Waals surface area (Å²) in [4.78, 5) is 14.7. The number of carbonyl (C=O) groups is 1. The summed E-state index contributed by atoms with van der Waals surface area (Å²) in [6.45, 7) is 6.85. The van der Waals surface area contributed by atoms with Gasteiger partial charge in [0.15, 0.2) is 0 Å². The van der Waals surface area contributed by atoms with Gasteiger partial charge in [0.05, 0.1) is 0 Å². The summed E-state index contributed by atoms with van der Waals surface area (Å²) in [5.41, 5.74) is 1.21. The topological polar surface area (TPSA) is 32.3 Å². The lowest BCUT2D eigenvalue weighted by atomic mass is 9.95. The van der Waals surface area contributed by atoms with E-state index in [1.165, 1.54) is 5.56 Å². The second-order valence-electron chi connectivity index (χ2n) is 5.57. The van der Waals surface area contributed by atoms with E-state index in [1.54, 1.807) is 0 Å². The van der Waals surface area contributed by atoms with Gasteiger partial charge in [-0.1, -0.05) is 30.3 Å². The van der Waals surface area contributed by atoms with Gasteiger partial charge in [-0.2, -0.15) is 0 Å². The third-order valence-corrected chi connectivity index (χ3v) is 3.79. The standard InChI is InChI=1S/C16H24N2O.ClH/c1-13(2)18(12-14-6-4-3-5-7-14)16(19)15-8-10-17-11-9-15;/h3-7,13,15,17H,8-12H2,1-2H3;1H. The van der Waals surface area contributed by atoms with E-state index in [0.717, 1.165) is 32.5 Å². The molecule has 1 fully saturated rings. The van der Waals surface area contributed by atoms with Crippen LogP contribution < -0.4 is 5.32 Å². The monoisotopic (exact) mass is 296 g/mol. The van der Waals surface area contributed by atoms with E-state index < -0.39 is 0 Å². The van der Waals surface area contributed by atoms with Crippen molar-refractivity contribution in [1.82, 2.24) is 10.2 Å². The first-order valence-corrected chi connectivity index (χ1v) is 7.23. The molecule has 2 rings (SSSR count). The van der Waals surface area contributed by atoms with Gasteiger partial charge in [0.2, 0.25) is 5.91 Å². The van der Waals surface area contributed by atoms with Crippen LogP contribution in [-0.2, 0) is 11.3 Å². The fourth-order valence-corrected chi connectivity index (χ4v) is 2.60. The molecule has 3 nitrogen and oxygen atoms in total. The molecule has 1 amide bonds. The van der Waals surface area contributed by atoms with Gasteiger partial charge in [-0.25, -0.2) is 0 Å². The highest BCUT2D eigenvalue weighted by molar-refractivity contribution is 5.85. The second kappa shape index (κ2) is 8.28. The molecule has 0 radical (unpaired) electrons. The van der Waals surface area contributed by atoms with Gasteiger partial charge in [-0.05, 0) is 45.3 Å². The Labute approximate surface area is 128 Å². The second-order valence-corrected chi connectivity index (χ2v) is 5.57. The smallest absolute Gasteiger partial charge is 0.226 e. The van der Waals surface area contributed by atoms with Crippen molar-refractivity contribution in [3.8, 4) is 0 Å². The van der Waals surface area contributed by atoms with Crippen molar-refractivity contribution in [3.05, 3.63) is 35.9 Å². The summed E-state index contributed by atoms with van der Waals surface area (Å²) in [5, 5.41) is 3.32. The van der Waals surface area contributed by atoms with Crippen molar-refractivity contribution in [1.29, 1.82) is 0 Å². The first kappa shape index (κ1) is 17.0. The summed E-state index contributed by atoms with van der Waals surface area (Å²) in [6.07, 6.45) is 1.94. The van der Waals surface area contributed by atoms with Crippen LogP contribution in [0.25, 0.3) is 0 Å². The maximum Gasteiger partial charge on any atom is 0.226 e.